The van der Waals surface area contributed by atoms with Crippen molar-refractivity contribution in [3.63, 3.8) is 0 Å². The molecule has 1 saturated carbocycles. The molecule has 2 rings (SSSR count). The second-order valence-electron chi connectivity index (χ2n) is 6.68. The van der Waals surface area contributed by atoms with Crippen LogP contribution in [0.1, 0.15) is 58.3 Å². The summed E-state index contributed by atoms with van der Waals surface area (Å²) in [5.74, 6) is 0.751. The number of likely N-dealkylation sites (N-methyl/N-ethyl adjacent to an activating group) is 1. The van der Waals surface area contributed by atoms with E-state index in [2.05, 4.69) is 17.1 Å². The van der Waals surface area contributed by atoms with Crippen molar-refractivity contribution in [2.75, 3.05) is 33.4 Å². The standard InChI is InChI=1S/C17H34N2O/c1-3-18-16-10-6-4-5-7-11-17(16)19-12-8-9-15(13-19)14-20-2/h15-18H,3-14H2,1-2H3. The number of hydrogen-bond acceptors (Lipinski definition) is 3. The van der Waals surface area contributed by atoms with E-state index in [0.717, 1.165) is 25.1 Å². The molecule has 0 amide bonds. The Bertz CT molecular complexity index is 257. The summed E-state index contributed by atoms with van der Waals surface area (Å²) in [5.41, 5.74) is 0. The van der Waals surface area contributed by atoms with Crippen LogP contribution >= 0.6 is 0 Å². The quantitative estimate of drug-likeness (QED) is 0.839. The summed E-state index contributed by atoms with van der Waals surface area (Å²) in [6.07, 6.45) is 11.1. The summed E-state index contributed by atoms with van der Waals surface area (Å²) in [6, 6.07) is 1.47. The van der Waals surface area contributed by atoms with Crippen LogP contribution in [0, 0.1) is 5.92 Å². The zero-order valence-electron chi connectivity index (χ0n) is 13.6. The van der Waals surface area contributed by atoms with Crippen LogP contribution in [0.15, 0.2) is 0 Å². The Balaban J connectivity index is 1.96. The highest BCUT2D eigenvalue weighted by Crippen LogP contribution is 2.26. The summed E-state index contributed by atoms with van der Waals surface area (Å²) in [6.45, 7) is 6.85. The van der Waals surface area contributed by atoms with E-state index in [1.807, 2.05) is 7.11 Å². The van der Waals surface area contributed by atoms with Crippen molar-refractivity contribution in [2.45, 2.75) is 70.4 Å². The van der Waals surface area contributed by atoms with Crippen LogP contribution in [0.25, 0.3) is 0 Å². The molecular formula is C17H34N2O. The molecule has 1 aliphatic heterocycles. The molecule has 0 aromatic carbocycles. The van der Waals surface area contributed by atoms with Gasteiger partial charge in [-0.2, -0.15) is 0 Å². The average molecular weight is 282 g/mol. The maximum Gasteiger partial charge on any atom is 0.0502 e. The molecule has 118 valence electrons. The predicted octanol–water partition coefficient (Wildman–Crippen LogP) is 3.05. The third-order valence-corrected chi connectivity index (χ3v) is 5.12. The molecule has 0 bridgehead atoms. The Morgan fingerprint density at radius 1 is 1.05 bits per heavy atom. The number of hydrogen-bond donors (Lipinski definition) is 1. The number of piperidine rings is 1. The van der Waals surface area contributed by atoms with E-state index >= 15 is 0 Å². The summed E-state index contributed by atoms with van der Waals surface area (Å²) in [7, 11) is 1.84. The molecule has 0 radical (unpaired) electrons. The molecule has 1 N–H and O–H groups in total. The van der Waals surface area contributed by atoms with Crippen molar-refractivity contribution in [1.29, 1.82) is 0 Å². The zero-order chi connectivity index (χ0) is 14.2. The summed E-state index contributed by atoms with van der Waals surface area (Å²) < 4.78 is 5.39. The van der Waals surface area contributed by atoms with Gasteiger partial charge in [0.2, 0.25) is 0 Å². The lowest BCUT2D eigenvalue weighted by molar-refractivity contribution is 0.0491. The molecule has 3 unspecified atom stereocenters. The van der Waals surface area contributed by atoms with E-state index in [0.29, 0.717) is 6.04 Å². The lowest BCUT2D eigenvalue weighted by Gasteiger charge is -2.43. The highest BCUT2D eigenvalue weighted by Gasteiger charge is 2.31. The molecule has 3 atom stereocenters. The van der Waals surface area contributed by atoms with Crippen LogP contribution in [-0.2, 0) is 4.74 Å². The van der Waals surface area contributed by atoms with E-state index in [4.69, 9.17) is 4.74 Å². The van der Waals surface area contributed by atoms with Crippen LogP contribution in [0.3, 0.4) is 0 Å². The first kappa shape index (κ1) is 16.3. The summed E-state index contributed by atoms with van der Waals surface area (Å²) >= 11 is 0. The van der Waals surface area contributed by atoms with E-state index in [1.54, 1.807) is 0 Å². The van der Waals surface area contributed by atoms with Gasteiger partial charge in [0.15, 0.2) is 0 Å². The molecule has 1 heterocycles. The van der Waals surface area contributed by atoms with Crippen LogP contribution in [0.4, 0.5) is 0 Å². The van der Waals surface area contributed by atoms with Gasteiger partial charge in [-0.05, 0) is 44.7 Å². The second kappa shape index (κ2) is 9.01. The van der Waals surface area contributed by atoms with Gasteiger partial charge >= 0.3 is 0 Å². The van der Waals surface area contributed by atoms with Crippen LogP contribution in [0.2, 0.25) is 0 Å². The monoisotopic (exact) mass is 282 g/mol. The van der Waals surface area contributed by atoms with Crippen molar-refractivity contribution >= 4 is 0 Å². The maximum absolute atomic E-state index is 5.39. The van der Waals surface area contributed by atoms with Gasteiger partial charge in [0.1, 0.15) is 0 Å². The van der Waals surface area contributed by atoms with Gasteiger partial charge in [-0.3, -0.25) is 4.90 Å². The first-order valence-electron chi connectivity index (χ1n) is 8.81. The van der Waals surface area contributed by atoms with Crippen molar-refractivity contribution in [1.82, 2.24) is 10.2 Å². The molecule has 0 spiro atoms. The van der Waals surface area contributed by atoms with Gasteiger partial charge in [0.05, 0.1) is 6.61 Å². The molecule has 1 saturated heterocycles. The van der Waals surface area contributed by atoms with Crippen LogP contribution < -0.4 is 5.32 Å². The van der Waals surface area contributed by atoms with Gasteiger partial charge in [0.25, 0.3) is 0 Å². The molecule has 2 fully saturated rings. The van der Waals surface area contributed by atoms with Gasteiger partial charge in [-0.15, -0.1) is 0 Å². The number of rotatable bonds is 5. The molecule has 1 aliphatic carbocycles. The third-order valence-electron chi connectivity index (χ3n) is 5.12. The van der Waals surface area contributed by atoms with Gasteiger partial charge < -0.3 is 10.1 Å². The first-order chi connectivity index (χ1) is 9.85. The largest absolute Gasteiger partial charge is 0.384 e. The lowest BCUT2D eigenvalue weighted by Crippen LogP contribution is -2.53. The Kier molecular flexibility index (Phi) is 7.32. The van der Waals surface area contributed by atoms with Gasteiger partial charge in [0, 0.05) is 25.7 Å². The molecular weight excluding hydrogens is 248 g/mol. The number of ether oxygens (including phenoxy) is 1. The van der Waals surface area contributed by atoms with Crippen molar-refractivity contribution in [3.05, 3.63) is 0 Å². The second-order valence-corrected chi connectivity index (χ2v) is 6.68. The fraction of sp³-hybridized carbons (Fsp3) is 1.00. The normalized spacial score (nSPS) is 33.6. The minimum atomic E-state index is 0.710. The summed E-state index contributed by atoms with van der Waals surface area (Å²) in [5, 5.41) is 3.77. The van der Waals surface area contributed by atoms with Crippen LogP contribution in [-0.4, -0.2) is 50.3 Å². The Morgan fingerprint density at radius 2 is 1.85 bits per heavy atom. The highest BCUT2D eigenvalue weighted by atomic mass is 16.5. The van der Waals surface area contributed by atoms with Crippen molar-refractivity contribution < 1.29 is 4.74 Å². The number of nitrogens with zero attached hydrogens (tertiary/aromatic N) is 1. The minimum absolute atomic E-state index is 0.710. The zero-order valence-corrected chi connectivity index (χ0v) is 13.6. The Morgan fingerprint density at radius 3 is 2.60 bits per heavy atom. The fourth-order valence-corrected chi connectivity index (χ4v) is 4.17. The molecule has 3 heteroatoms. The van der Waals surface area contributed by atoms with Gasteiger partial charge in [-0.25, -0.2) is 0 Å². The molecule has 0 aromatic heterocycles. The molecule has 2 aliphatic rings. The first-order valence-corrected chi connectivity index (χ1v) is 8.81. The summed E-state index contributed by atoms with van der Waals surface area (Å²) in [4.78, 5) is 2.78. The van der Waals surface area contributed by atoms with E-state index in [9.17, 15) is 0 Å². The fourth-order valence-electron chi connectivity index (χ4n) is 4.17. The lowest BCUT2D eigenvalue weighted by atomic mass is 9.88. The molecule has 0 aromatic rings. The van der Waals surface area contributed by atoms with Crippen LogP contribution in [0.5, 0.6) is 0 Å². The maximum atomic E-state index is 5.39. The van der Waals surface area contributed by atoms with Crippen molar-refractivity contribution in [3.8, 4) is 0 Å². The topological polar surface area (TPSA) is 24.5 Å². The van der Waals surface area contributed by atoms with E-state index in [1.165, 1.54) is 64.5 Å². The highest BCUT2D eigenvalue weighted by molar-refractivity contribution is 4.88. The van der Waals surface area contributed by atoms with E-state index < -0.39 is 0 Å². The average Bonchev–Trinajstić information content (AvgIpc) is 2.43. The van der Waals surface area contributed by atoms with E-state index in [-0.39, 0.29) is 0 Å². The Hall–Kier alpha value is -0.120. The number of nitrogens with one attached hydrogen (secondary N) is 1. The smallest absolute Gasteiger partial charge is 0.0502 e. The minimum Gasteiger partial charge on any atom is -0.384 e. The molecule has 3 nitrogen and oxygen atoms in total. The predicted molar refractivity (Wildman–Crippen MR) is 85.1 cm³/mol. The van der Waals surface area contributed by atoms with Gasteiger partial charge in [-0.1, -0.05) is 32.6 Å². The number of likely N-dealkylation sites (tertiary alicyclic amines) is 1. The SMILES string of the molecule is CCNC1CCCCCCC1N1CCCC(COC)C1. The van der Waals surface area contributed by atoms with Crippen molar-refractivity contribution in [2.24, 2.45) is 5.92 Å². The third kappa shape index (κ3) is 4.71. The number of methoxy groups -OCH3 is 1. The Labute approximate surface area is 125 Å². The molecule has 20 heavy (non-hydrogen) atoms.